The first-order valence-corrected chi connectivity index (χ1v) is 6.32. The van der Waals surface area contributed by atoms with Crippen molar-refractivity contribution >= 4 is 0 Å². The van der Waals surface area contributed by atoms with Crippen LogP contribution in [0.3, 0.4) is 0 Å². The number of hydrogen-bond acceptors (Lipinski definition) is 4. The second kappa shape index (κ2) is 8.08. The molecule has 0 spiro atoms. The highest BCUT2D eigenvalue weighted by Gasteiger charge is 2.11. The summed E-state index contributed by atoms with van der Waals surface area (Å²) in [4.78, 5) is 2.14. The van der Waals surface area contributed by atoms with Crippen molar-refractivity contribution in [2.75, 3.05) is 40.8 Å². The highest BCUT2D eigenvalue weighted by atomic mass is 16.5. The summed E-state index contributed by atoms with van der Waals surface area (Å²) < 4.78 is 5.16. The highest BCUT2D eigenvalue weighted by molar-refractivity contribution is 5.29. The minimum atomic E-state index is -0.473. The third-order valence-electron chi connectivity index (χ3n) is 2.93. The molecular formula is C14H24N2O2. The van der Waals surface area contributed by atoms with Crippen LogP contribution in [0.15, 0.2) is 24.3 Å². The van der Waals surface area contributed by atoms with E-state index < -0.39 is 6.10 Å². The normalized spacial score (nSPS) is 12.7. The van der Waals surface area contributed by atoms with Gasteiger partial charge in [0.15, 0.2) is 0 Å². The molecule has 1 aromatic carbocycles. The fourth-order valence-electron chi connectivity index (χ4n) is 1.87. The number of nitrogens with zero attached hydrogens (tertiary/aromatic N) is 1. The fourth-order valence-corrected chi connectivity index (χ4v) is 1.87. The molecule has 0 fully saturated rings. The Kier molecular flexibility index (Phi) is 6.72. The summed E-state index contributed by atoms with van der Waals surface area (Å²) >= 11 is 0. The van der Waals surface area contributed by atoms with E-state index in [9.17, 15) is 5.11 Å². The van der Waals surface area contributed by atoms with Crippen molar-refractivity contribution in [3.63, 3.8) is 0 Å². The van der Waals surface area contributed by atoms with Crippen LogP contribution in [0.5, 0.6) is 5.75 Å². The third-order valence-corrected chi connectivity index (χ3v) is 2.93. The van der Waals surface area contributed by atoms with Gasteiger partial charge in [-0.1, -0.05) is 12.1 Å². The van der Waals surface area contributed by atoms with Crippen molar-refractivity contribution in [1.82, 2.24) is 10.2 Å². The quantitative estimate of drug-likeness (QED) is 0.684. The van der Waals surface area contributed by atoms with Crippen molar-refractivity contribution in [2.24, 2.45) is 0 Å². The van der Waals surface area contributed by atoms with E-state index in [0.29, 0.717) is 6.54 Å². The molecule has 1 rings (SSSR count). The van der Waals surface area contributed by atoms with E-state index in [2.05, 4.69) is 10.2 Å². The van der Waals surface area contributed by atoms with Gasteiger partial charge in [-0.05, 0) is 51.3 Å². The van der Waals surface area contributed by atoms with E-state index in [1.165, 1.54) is 0 Å². The predicted molar refractivity (Wildman–Crippen MR) is 74.0 cm³/mol. The Labute approximate surface area is 110 Å². The zero-order valence-corrected chi connectivity index (χ0v) is 11.5. The lowest BCUT2D eigenvalue weighted by Gasteiger charge is -2.21. The molecule has 0 saturated heterocycles. The number of ether oxygens (including phenoxy) is 1. The van der Waals surface area contributed by atoms with E-state index in [4.69, 9.17) is 4.74 Å². The maximum atomic E-state index is 10.2. The molecule has 0 bridgehead atoms. The van der Waals surface area contributed by atoms with Gasteiger partial charge in [0.05, 0.1) is 13.2 Å². The van der Waals surface area contributed by atoms with Crippen molar-refractivity contribution < 1.29 is 9.84 Å². The summed E-state index contributed by atoms with van der Waals surface area (Å²) in [5.41, 5.74) is 0.898. The summed E-state index contributed by atoms with van der Waals surface area (Å²) in [5.74, 6) is 0.782. The van der Waals surface area contributed by atoms with Gasteiger partial charge in [-0.2, -0.15) is 0 Å². The molecule has 4 nitrogen and oxygen atoms in total. The zero-order chi connectivity index (χ0) is 13.4. The Morgan fingerprint density at radius 1 is 1.44 bits per heavy atom. The molecule has 2 N–H and O–H groups in total. The first kappa shape index (κ1) is 15.0. The van der Waals surface area contributed by atoms with Crippen LogP contribution in [-0.4, -0.2) is 50.8 Å². The second-order valence-electron chi connectivity index (χ2n) is 4.51. The smallest absolute Gasteiger partial charge is 0.119 e. The molecule has 0 aliphatic carbocycles. The number of aliphatic hydroxyl groups is 1. The molecular weight excluding hydrogens is 228 g/mol. The first-order chi connectivity index (χ1) is 8.67. The summed E-state index contributed by atoms with van der Waals surface area (Å²) in [7, 11) is 5.61. The molecule has 1 aromatic rings. The van der Waals surface area contributed by atoms with Crippen LogP contribution in [0.2, 0.25) is 0 Å². The zero-order valence-electron chi connectivity index (χ0n) is 11.5. The van der Waals surface area contributed by atoms with Crippen LogP contribution in [-0.2, 0) is 0 Å². The van der Waals surface area contributed by atoms with Gasteiger partial charge >= 0.3 is 0 Å². The van der Waals surface area contributed by atoms with E-state index in [1.807, 2.05) is 38.4 Å². The van der Waals surface area contributed by atoms with Crippen LogP contribution >= 0.6 is 0 Å². The monoisotopic (exact) mass is 252 g/mol. The van der Waals surface area contributed by atoms with Gasteiger partial charge < -0.3 is 20.1 Å². The maximum absolute atomic E-state index is 10.2. The molecule has 0 aromatic heterocycles. The highest BCUT2D eigenvalue weighted by Crippen LogP contribution is 2.19. The topological polar surface area (TPSA) is 44.7 Å². The number of nitrogens with one attached hydrogen (secondary N) is 1. The fraction of sp³-hybridized carbons (Fsp3) is 0.571. The van der Waals surface area contributed by atoms with Crippen LogP contribution in [0.1, 0.15) is 18.1 Å². The Bertz CT molecular complexity index is 344. The Balaban J connectivity index is 2.45. The molecule has 0 heterocycles. The van der Waals surface area contributed by atoms with Gasteiger partial charge in [-0.25, -0.2) is 0 Å². The molecule has 1 atom stereocenters. The maximum Gasteiger partial charge on any atom is 0.119 e. The lowest BCUT2D eigenvalue weighted by Crippen LogP contribution is -2.27. The van der Waals surface area contributed by atoms with E-state index >= 15 is 0 Å². The molecule has 0 saturated carbocycles. The standard InChI is InChI=1S/C14H24N2O2/c1-15-8-5-9-16(2)11-14(17)12-6-4-7-13(10-12)18-3/h4,6-7,10,14-15,17H,5,8-9,11H2,1-3H3. The SMILES string of the molecule is CNCCCN(C)CC(O)c1cccc(OC)c1. The number of likely N-dealkylation sites (N-methyl/N-ethyl adjacent to an activating group) is 1. The molecule has 4 heteroatoms. The minimum Gasteiger partial charge on any atom is -0.497 e. The van der Waals surface area contributed by atoms with Crippen LogP contribution in [0.25, 0.3) is 0 Å². The molecule has 0 radical (unpaired) electrons. The lowest BCUT2D eigenvalue weighted by atomic mass is 10.1. The van der Waals surface area contributed by atoms with Gasteiger partial charge in [0, 0.05) is 6.54 Å². The van der Waals surface area contributed by atoms with Gasteiger partial charge in [-0.15, -0.1) is 0 Å². The van der Waals surface area contributed by atoms with Crippen LogP contribution in [0.4, 0.5) is 0 Å². The molecule has 0 amide bonds. The number of methoxy groups -OCH3 is 1. The Morgan fingerprint density at radius 2 is 2.22 bits per heavy atom. The molecule has 102 valence electrons. The Morgan fingerprint density at radius 3 is 2.89 bits per heavy atom. The minimum absolute atomic E-state index is 0.473. The van der Waals surface area contributed by atoms with E-state index in [1.54, 1.807) is 7.11 Å². The second-order valence-corrected chi connectivity index (χ2v) is 4.51. The number of hydrogen-bond donors (Lipinski definition) is 2. The number of benzene rings is 1. The summed E-state index contributed by atoms with van der Waals surface area (Å²) in [6.45, 7) is 2.61. The largest absolute Gasteiger partial charge is 0.497 e. The van der Waals surface area contributed by atoms with Crippen molar-refractivity contribution in [1.29, 1.82) is 0 Å². The van der Waals surface area contributed by atoms with Gasteiger partial charge in [0.25, 0.3) is 0 Å². The number of rotatable bonds is 8. The summed E-state index contributed by atoms with van der Waals surface area (Å²) in [6, 6.07) is 7.59. The van der Waals surface area contributed by atoms with Crippen molar-refractivity contribution in [3.05, 3.63) is 29.8 Å². The van der Waals surface area contributed by atoms with E-state index in [-0.39, 0.29) is 0 Å². The van der Waals surface area contributed by atoms with Gasteiger partial charge in [0.2, 0.25) is 0 Å². The van der Waals surface area contributed by atoms with Crippen LogP contribution < -0.4 is 10.1 Å². The van der Waals surface area contributed by atoms with Gasteiger partial charge in [-0.3, -0.25) is 0 Å². The molecule has 0 aliphatic rings. The molecule has 1 unspecified atom stereocenters. The van der Waals surface area contributed by atoms with Gasteiger partial charge in [0.1, 0.15) is 5.75 Å². The Hall–Kier alpha value is -1.10. The molecule has 18 heavy (non-hydrogen) atoms. The summed E-state index contributed by atoms with van der Waals surface area (Å²) in [6.07, 6.45) is 0.609. The average Bonchev–Trinajstić information content (AvgIpc) is 2.39. The third kappa shape index (κ3) is 5.04. The van der Waals surface area contributed by atoms with Crippen LogP contribution in [0, 0.1) is 0 Å². The summed E-state index contributed by atoms with van der Waals surface area (Å²) in [5, 5.41) is 13.3. The van der Waals surface area contributed by atoms with E-state index in [0.717, 1.165) is 30.8 Å². The molecule has 0 aliphatic heterocycles. The lowest BCUT2D eigenvalue weighted by molar-refractivity contribution is 0.126. The van der Waals surface area contributed by atoms with Crippen molar-refractivity contribution in [2.45, 2.75) is 12.5 Å². The average molecular weight is 252 g/mol. The number of aliphatic hydroxyl groups excluding tert-OH is 1. The predicted octanol–water partition coefficient (Wildman–Crippen LogP) is 1.27. The first-order valence-electron chi connectivity index (χ1n) is 6.32. The van der Waals surface area contributed by atoms with Crippen molar-refractivity contribution in [3.8, 4) is 5.75 Å².